The van der Waals surface area contributed by atoms with Crippen molar-refractivity contribution >= 4 is 17.6 Å². The number of hydrogen-bond acceptors (Lipinski definition) is 6. The van der Waals surface area contributed by atoms with E-state index in [0.29, 0.717) is 17.7 Å². The normalized spacial score (nSPS) is 18.7. The van der Waals surface area contributed by atoms with E-state index in [4.69, 9.17) is 9.47 Å². The standard InChI is InChI=1S/C25H39N3O4/c1-5-27(6-2)17-23(30)32-21-14-19(3)24(20(4)15-21)26-22(29)16-28-11-7-8-25(18-28)9-12-31-13-10-25/h14-15H,5-13,16-18H2,1-4H3,(H,26,29). The van der Waals surface area contributed by atoms with Gasteiger partial charge in [0, 0.05) is 25.4 Å². The van der Waals surface area contributed by atoms with Gasteiger partial charge in [-0.1, -0.05) is 13.8 Å². The fourth-order valence-corrected chi connectivity index (χ4v) is 5.01. The van der Waals surface area contributed by atoms with Crippen molar-refractivity contribution in [1.29, 1.82) is 0 Å². The molecule has 7 nitrogen and oxygen atoms in total. The van der Waals surface area contributed by atoms with Crippen molar-refractivity contribution in [1.82, 2.24) is 9.80 Å². The van der Waals surface area contributed by atoms with E-state index in [1.165, 1.54) is 6.42 Å². The topological polar surface area (TPSA) is 71.1 Å². The Balaban J connectivity index is 1.57. The second-order valence-corrected chi connectivity index (χ2v) is 9.34. The van der Waals surface area contributed by atoms with E-state index in [-0.39, 0.29) is 18.4 Å². The number of benzene rings is 1. The van der Waals surface area contributed by atoms with Crippen molar-refractivity contribution in [3.8, 4) is 5.75 Å². The van der Waals surface area contributed by atoms with Gasteiger partial charge in [-0.2, -0.15) is 0 Å². The van der Waals surface area contributed by atoms with E-state index in [2.05, 4.69) is 10.2 Å². The quantitative estimate of drug-likeness (QED) is 0.489. The number of aryl methyl sites for hydroxylation is 2. The first-order chi connectivity index (χ1) is 15.3. The highest BCUT2D eigenvalue weighted by Crippen LogP contribution is 2.39. The number of likely N-dealkylation sites (N-methyl/N-ethyl adjacent to an activating group) is 1. The number of rotatable bonds is 8. The van der Waals surface area contributed by atoms with Gasteiger partial charge in [0.1, 0.15) is 5.75 Å². The third-order valence-corrected chi connectivity index (χ3v) is 6.91. The molecule has 1 aromatic rings. The number of nitrogens with one attached hydrogen (secondary N) is 1. The zero-order valence-corrected chi connectivity index (χ0v) is 20.2. The Morgan fingerprint density at radius 3 is 2.41 bits per heavy atom. The Bertz CT molecular complexity index is 772. The first-order valence-corrected chi connectivity index (χ1v) is 12.0. The van der Waals surface area contributed by atoms with Crippen molar-refractivity contribution in [2.75, 3.05) is 57.8 Å². The van der Waals surface area contributed by atoms with Gasteiger partial charge in [0.15, 0.2) is 0 Å². The first kappa shape index (κ1) is 24.7. The maximum atomic E-state index is 12.8. The molecule has 7 heteroatoms. The maximum Gasteiger partial charge on any atom is 0.325 e. The van der Waals surface area contributed by atoms with Crippen molar-refractivity contribution < 1.29 is 19.1 Å². The molecule has 178 valence electrons. The monoisotopic (exact) mass is 445 g/mol. The largest absolute Gasteiger partial charge is 0.426 e. The molecule has 0 atom stereocenters. The van der Waals surface area contributed by atoms with E-state index in [1.807, 2.05) is 44.7 Å². The summed E-state index contributed by atoms with van der Waals surface area (Å²) >= 11 is 0. The summed E-state index contributed by atoms with van der Waals surface area (Å²) in [6.45, 7) is 13.8. The van der Waals surface area contributed by atoms with Gasteiger partial charge in [-0.15, -0.1) is 0 Å². The molecule has 2 heterocycles. The van der Waals surface area contributed by atoms with Gasteiger partial charge in [-0.05, 0) is 87.8 Å². The van der Waals surface area contributed by atoms with Crippen LogP contribution in [0.15, 0.2) is 12.1 Å². The fraction of sp³-hybridized carbons (Fsp3) is 0.680. The Hall–Kier alpha value is -1.96. The van der Waals surface area contributed by atoms with Crippen LogP contribution in [0.1, 0.15) is 50.7 Å². The highest BCUT2D eigenvalue weighted by molar-refractivity contribution is 5.94. The third-order valence-electron chi connectivity index (χ3n) is 6.91. The zero-order valence-electron chi connectivity index (χ0n) is 20.2. The average Bonchev–Trinajstić information content (AvgIpc) is 2.75. The van der Waals surface area contributed by atoms with Crippen LogP contribution in [-0.4, -0.2) is 74.2 Å². The van der Waals surface area contributed by atoms with Crippen LogP contribution in [0.4, 0.5) is 5.69 Å². The molecule has 1 amide bonds. The lowest BCUT2D eigenvalue weighted by Gasteiger charge is -2.44. The average molecular weight is 446 g/mol. The van der Waals surface area contributed by atoms with Crippen LogP contribution in [0.5, 0.6) is 5.75 Å². The molecule has 2 aliphatic heterocycles. The minimum atomic E-state index is -0.267. The van der Waals surface area contributed by atoms with Gasteiger partial charge in [0.2, 0.25) is 5.91 Å². The number of likely N-dealkylation sites (tertiary alicyclic amines) is 1. The molecule has 3 rings (SSSR count). The molecule has 2 aliphatic rings. The number of nitrogens with zero attached hydrogens (tertiary/aromatic N) is 2. The predicted octanol–water partition coefficient (Wildman–Crippen LogP) is 3.38. The van der Waals surface area contributed by atoms with Crippen LogP contribution in [0, 0.1) is 19.3 Å². The summed E-state index contributed by atoms with van der Waals surface area (Å²) in [5.41, 5.74) is 2.91. The molecule has 0 bridgehead atoms. The molecular weight excluding hydrogens is 406 g/mol. The molecule has 0 aliphatic carbocycles. The van der Waals surface area contributed by atoms with Gasteiger partial charge >= 0.3 is 5.97 Å². The van der Waals surface area contributed by atoms with Crippen molar-refractivity contribution in [3.05, 3.63) is 23.3 Å². The number of esters is 1. The highest BCUT2D eigenvalue weighted by Gasteiger charge is 2.37. The number of anilines is 1. The van der Waals surface area contributed by atoms with Gasteiger partial charge < -0.3 is 14.8 Å². The summed E-state index contributed by atoms with van der Waals surface area (Å²) in [5.74, 6) is 0.260. The van der Waals surface area contributed by atoms with Crippen molar-refractivity contribution in [2.45, 2.75) is 53.4 Å². The van der Waals surface area contributed by atoms with Crippen molar-refractivity contribution in [2.24, 2.45) is 5.41 Å². The lowest BCUT2D eigenvalue weighted by Crippen LogP contribution is -2.48. The molecule has 1 aromatic carbocycles. The van der Waals surface area contributed by atoms with E-state index < -0.39 is 0 Å². The molecule has 2 saturated heterocycles. The number of piperidine rings is 1. The van der Waals surface area contributed by atoms with Crippen LogP contribution in [0.25, 0.3) is 0 Å². The van der Waals surface area contributed by atoms with Crippen molar-refractivity contribution in [3.63, 3.8) is 0 Å². The molecule has 0 radical (unpaired) electrons. The lowest BCUT2D eigenvalue weighted by molar-refractivity contribution is -0.135. The Morgan fingerprint density at radius 1 is 1.12 bits per heavy atom. The van der Waals surface area contributed by atoms with Gasteiger partial charge in [-0.3, -0.25) is 19.4 Å². The molecule has 0 aromatic heterocycles. The third kappa shape index (κ3) is 6.53. The number of carbonyl (C=O) groups is 2. The number of ether oxygens (including phenoxy) is 2. The molecule has 1 N–H and O–H groups in total. The fourth-order valence-electron chi connectivity index (χ4n) is 5.01. The second kappa shape index (κ2) is 11.3. The molecule has 1 spiro atoms. The molecule has 32 heavy (non-hydrogen) atoms. The van der Waals surface area contributed by atoms with E-state index in [9.17, 15) is 9.59 Å². The Morgan fingerprint density at radius 2 is 1.78 bits per heavy atom. The van der Waals surface area contributed by atoms with Gasteiger partial charge in [0.25, 0.3) is 0 Å². The van der Waals surface area contributed by atoms with Crippen LogP contribution in [0.2, 0.25) is 0 Å². The minimum Gasteiger partial charge on any atom is -0.426 e. The maximum absolute atomic E-state index is 12.8. The summed E-state index contributed by atoms with van der Waals surface area (Å²) in [4.78, 5) is 29.4. The van der Waals surface area contributed by atoms with Gasteiger partial charge in [-0.25, -0.2) is 0 Å². The van der Waals surface area contributed by atoms with Crippen LogP contribution < -0.4 is 10.1 Å². The zero-order chi connectivity index (χ0) is 23.1. The molecular formula is C25H39N3O4. The Kier molecular flexibility index (Phi) is 8.68. The Labute approximate surface area is 192 Å². The predicted molar refractivity (Wildman–Crippen MR) is 126 cm³/mol. The molecule has 0 unspecified atom stereocenters. The van der Waals surface area contributed by atoms with Gasteiger partial charge in [0.05, 0.1) is 13.1 Å². The van der Waals surface area contributed by atoms with E-state index in [1.54, 1.807) is 0 Å². The van der Waals surface area contributed by atoms with Crippen LogP contribution in [-0.2, 0) is 14.3 Å². The van der Waals surface area contributed by atoms with E-state index >= 15 is 0 Å². The SMILES string of the molecule is CCN(CC)CC(=O)Oc1cc(C)c(NC(=O)CN2CCCC3(CCOCC3)C2)c(C)c1. The molecule has 2 fully saturated rings. The smallest absolute Gasteiger partial charge is 0.325 e. The summed E-state index contributed by atoms with van der Waals surface area (Å²) in [5, 5.41) is 3.09. The van der Waals surface area contributed by atoms with E-state index in [0.717, 1.165) is 75.5 Å². The summed E-state index contributed by atoms with van der Waals surface area (Å²) in [7, 11) is 0. The minimum absolute atomic E-state index is 0.00610. The van der Waals surface area contributed by atoms with Crippen LogP contribution in [0.3, 0.4) is 0 Å². The summed E-state index contributed by atoms with van der Waals surface area (Å²) in [6.07, 6.45) is 4.57. The van der Waals surface area contributed by atoms with Crippen LogP contribution >= 0.6 is 0 Å². The number of carbonyl (C=O) groups excluding carboxylic acids is 2. The second-order valence-electron chi connectivity index (χ2n) is 9.34. The number of hydrogen-bond donors (Lipinski definition) is 1. The lowest BCUT2D eigenvalue weighted by atomic mass is 9.74. The first-order valence-electron chi connectivity index (χ1n) is 12.0. The molecule has 0 saturated carbocycles. The summed E-state index contributed by atoms with van der Waals surface area (Å²) < 4.78 is 11.1. The summed E-state index contributed by atoms with van der Waals surface area (Å²) in [6, 6.07) is 3.64. The number of amides is 1. The highest BCUT2D eigenvalue weighted by atomic mass is 16.5.